The molecule has 1 N–H and O–H groups in total. The van der Waals surface area contributed by atoms with E-state index in [0.29, 0.717) is 28.7 Å². The molecule has 3 rings (SSSR count). The van der Waals surface area contributed by atoms with Crippen molar-refractivity contribution in [1.29, 1.82) is 0 Å². The number of hydrogen-bond donors (Lipinski definition) is 1. The lowest BCUT2D eigenvalue weighted by Gasteiger charge is -2.06. The standard InChI is InChI=1S/C19H18N2O4S/c1-2-11-24-18(23)13-7-9-14(10-8-13)20-17(22)12-26-19-21-15-5-3-4-6-16(15)25-19/h3-10H,2,11-12H2,1H3,(H,20,22). The molecule has 3 aromatic rings. The van der Waals surface area contributed by atoms with E-state index in [1.807, 2.05) is 31.2 Å². The molecular weight excluding hydrogens is 352 g/mol. The zero-order valence-electron chi connectivity index (χ0n) is 14.2. The molecule has 1 heterocycles. The van der Waals surface area contributed by atoms with Crippen molar-refractivity contribution in [3.63, 3.8) is 0 Å². The fraction of sp³-hybridized carbons (Fsp3) is 0.211. The van der Waals surface area contributed by atoms with Crippen molar-refractivity contribution in [3.8, 4) is 0 Å². The van der Waals surface area contributed by atoms with E-state index in [4.69, 9.17) is 9.15 Å². The number of nitrogens with zero attached hydrogens (tertiary/aromatic N) is 1. The second kappa shape index (κ2) is 8.53. The molecule has 0 bridgehead atoms. The smallest absolute Gasteiger partial charge is 0.338 e. The van der Waals surface area contributed by atoms with Crippen molar-refractivity contribution in [1.82, 2.24) is 4.98 Å². The fourth-order valence-corrected chi connectivity index (χ4v) is 2.84. The van der Waals surface area contributed by atoms with Crippen molar-refractivity contribution in [2.24, 2.45) is 0 Å². The van der Waals surface area contributed by atoms with Crippen LogP contribution in [0.25, 0.3) is 11.1 Å². The maximum absolute atomic E-state index is 12.1. The predicted molar refractivity (Wildman–Crippen MR) is 100 cm³/mol. The molecule has 0 aliphatic rings. The Balaban J connectivity index is 1.52. The number of carbonyl (C=O) groups is 2. The molecule has 6 nitrogen and oxygen atoms in total. The fourth-order valence-electron chi connectivity index (χ4n) is 2.20. The highest BCUT2D eigenvalue weighted by atomic mass is 32.2. The monoisotopic (exact) mass is 370 g/mol. The summed E-state index contributed by atoms with van der Waals surface area (Å²) in [6, 6.07) is 14.0. The van der Waals surface area contributed by atoms with Crippen molar-refractivity contribution in [2.45, 2.75) is 18.6 Å². The van der Waals surface area contributed by atoms with Crippen LogP contribution in [0.4, 0.5) is 5.69 Å². The molecule has 0 aliphatic carbocycles. The third-order valence-electron chi connectivity index (χ3n) is 3.44. The lowest BCUT2D eigenvalue weighted by atomic mass is 10.2. The minimum Gasteiger partial charge on any atom is -0.462 e. The van der Waals surface area contributed by atoms with Gasteiger partial charge in [-0.25, -0.2) is 9.78 Å². The molecule has 134 valence electrons. The van der Waals surface area contributed by atoms with Crippen LogP contribution in [-0.4, -0.2) is 29.2 Å². The van der Waals surface area contributed by atoms with Crippen LogP contribution in [0.1, 0.15) is 23.7 Å². The van der Waals surface area contributed by atoms with Crippen molar-refractivity contribution in [2.75, 3.05) is 17.7 Å². The largest absolute Gasteiger partial charge is 0.462 e. The van der Waals surface area contributed by atoms with Gasteiger partial charge in [-0.05, 0) is 42.8 Å². The third-order valence-corrected chi connectivity index (χ3v) is 4.27. The first-order valence-electron chi connectivity index (χ1n) is 8.21. The lowest BCUT2D eigenvalue weighted by Crippen LogP contribution is -2.14. The average molecular weight is 370 g/mol. The topological polar surface area (TPSA) is 81.4 Å². The second-order valence-corrected chi connectivity index (χ2v) is 6.42. The van der Waals surface area contributed by atoms with Crippen LogP contribution in [0.3, 0.4) is 0 Å². The number of aromatic nitrogens is 1. The highest BCUT2D eigenvalue weighted by Gasteiger charge is 2.10. The zero-order chi connectivity index (χ0) is 18.4. The Bertz CT molecular complexity index is 872. The highest BCUT2D eigenvalue weighted by Crippen LogP contribution is 2.23. The summed E-state index contributed by atoms with van der Waals surface area (Å²) in [5, 5.41) is 3.23. The highest BCUT2D eigenvalue weighted by molar-refractivity contribution is 7.99. The van der Waals surface area contributed by atoms with Gasteiger partial charge in [-0.3, -0.25) is 4.79 Å². The Morgan fingerprint density at radius 2 is 1.92 bits per heavy atom. The number of anilines is 1. The number of para-hydroxylation sites is 2. The summed E-state index contributed by atoms with van der Waals surface area (Å²) in [5.74, 6) is -0.373. The SMILES string of the molecule is CCCOC(=O)c1ccc(NC(=O)CSc2nc3ccccc3o2)cc1. The second-order valence-electron chi connectivity index (χ2n) is 5.50. The number of amides is 1. The Morgan fingerprint density at radius 1 is 1.15 bits per heavy atom. The van der Waals surface area contributed by atoms with Gasteiger partial charge in [0.15, 0.2) is 5.58 Å². The van der Waals surface area contributed by atoms with Crippen LogP contribution in [0.15, 0.2) is 58.2 Å². The molecule has 0 saturated heterocycles. The van der Waals surface area contributed by atoms with E-state index in [2.05, 4.69) is 10.3 Å². The molecule has 0 atom stereocenters. The molecule has 1 amide bonds. The summed E-state index contributed by atoms with van der Waals surface area (Å²) in [4.78, 5) is 28.1. The van der Waals surface area contributed by atoms with Crippen molar-refractivity contribution in [3.05, 3.63) is 54.1 Å². The normalized spacial score (nSPS) is 10.7. The van der Waals surface area contributed by atoms with Gasteiger partial charge in [0.25, 0.3) is 5.22 Å². The summed E-state index contributed by atoms with van der Waals surface area (Å²) < 4.78 is 10.6. The number of thioether (sulfide) groups is 1. The number of carbonyl (C=O) groups excluding carboxylic acids is 2. The molecule has 0 spiro atoms. The molecular formula is C19H18N2O4S. The molecule has 0 aliphatic heterocycles. The maximum atomic E-state index is 12.1. The van der Waals surface area contributed by atoms with Crippen LogP contribution >= 0.6 is 11.8 Å². The Labute approximate surface area is 154 Å². The van der Waals surface area contributed by atoms with Gasteiger partial charge < -0.3 is 14.5 Å². The molecule has 0 radical (unpaired) electrons. The summed E-state index contributed by atoms with van der Waals surface area (Å²) in [6.07, 6.45) is 0.775. The van der Waals surface area contributed by atoms with E-state index in [0.717, 1.165) is 11.9 Å². The van der Waals surface area contributed by atoms with Gasteiger partial charge in [0, 0.05) is 5.69 Å². The van der Waals surface area contributed by atoms with E-state index in [1.54, 1.807) is 24.3 Å². The van der Waals surface area contributed by atoms with Gasteiger partial charge in [-0.15, -0.1) is 0 Å². The summed E-state index contributed by atoms with van der Waals surface area (Å²) >= 11 is 1.23. The number of fused-ring (bicyclic) bond motifs is 1. The number of hydrogen-bond acceptors (Lipinski definition) is 6. The van der Waals surface area contributed by atoms with Gasteiger partial charge >= 0.3 is 5.97 Å². The average Bonchev–Trinajstić information content (AvgIpc) is 3.08. The van der Waals surface area contributed by atoms with Gasteiger partial charge in [0.2, 0.25) is 5.91 Å². The minimum atomic E-state index is -0.365. The summed E-state index contributed by atoms with van der Waals surface area (Å²) in [5.41, 5.74) is 2.53. The quantitative estimate of drug-likeness (QED) is 0.497. The zero-order valence-corrected chi connectivity index (χ0v) is 15.0. The van der Waals surface area contributed by atoms with Gasteiger partial charge in [-0.2, -0.15) is 0 Å². The van der Waals surface area contributed by atoms with E-state index >= 15 is 0 Å². The molecule has 7 heteroatoms. The van der Waals surface area contributed by atoms with Crippen LogP contribution in [-0.2, 0) is 9.53 Å². The first-order chi connectivity index (χ1) is 12.7. The van der Waals surface area contributed by atoms with Crippen LogP contribution in [0.2, 0.25) is 0 Å². The molecule has 0 fully saturated rings. The Kier molecular flexibility index (Phi) is 5.91. The Hall–Kier alpha value is -2.80. The number of benzene rings is 2. The first kappa shape index (κ1) is 18.0. The Morgan fingerprint density at radius 3 is 2.65 bits per heavy atom. The van der Waals surface area contributed by atoms with Gasteiger partial charge in [0.1, 0.15) is 5.52 Å². The van der Waals surface area contributed by atoms with Gasteiger partial charge in [0.05, 0.1) is 17.9 Å². The number of rotatable bonds is 7. The van der Waals surface area contributed by atoms with E-state index in [-0.39, 0.29) is 17.6 Å². The van der Waals surface area contributed by atoms with Crippen molar-refractivity contribution >= 4 is 40.4 Å². The molecule has 0 unspecified atom stereocenters. The van der Waals surface area contributed by atoms with Gasteiger partial charge in [-0.1, -0.05) is 30.8 Å². The summed E-state index contributed by atoms with van der Waals surface area (Å²) in [6.45, 7) is 2.33. The van der Waals surface area contributed by atoms with E-state index in [1.165, 1.54) is 11.8 Å². The predicted octanol–water partition coefficient (Wildman–Crippen LogP) is 4.13. The number of ether oxygens (including phenoxy) is 1. The number of oxazole rings is 1. The van der Waals surface area contributed by atoms with Crippen LogP contribution in [0, 0.1) is 0 Å². The van der Waals surface area contributed by atoms with Crippen LogP contribution < -0.4 is 5.32 Å². The lowest BCUT2D eigenvalue weighted by molar-refractivity contribution is -0.113. The third kappa shape index (κ3) is 4.64. The first-order valence-corrected chi connectivity index (χ1v) is 9.19. The molecule has 1 aromatic heterocycles. The van der Waals surface area contributed by atoms with E-state index in [9.17, 15) is 9.59 Å². The maximum Gasteiger partial charge on any atom is 0.338 e. The van der Waals surface area contributed by atoms with E-state index < -0.39 is 0 Å². The van der Waals surface area contributed by atoms with Crippen LogP contribution in [0.5, 0.6) is 0 Å². The number of nitrogens with one attached hydrogen (secondary N) is 1. The molecule has 26 heavy (non-hydrogen) atoms. The van der Waals surface area contributed by atoms with Crippen molar-refractivity contribution < 1.29 is 18.7 Å². The summed E-state index contributed by atoms with van der Waals surface area (Å²) in [7, 11) is 0. The number of esters is 1. The molecule has 2 aromatic carbocycles. The minimum absolute atomic E-state index is 0.174. The molecule has 0 saturated carbocycles.